The average Bonchev–Trinajstić information content (AvgIpc) is 3.10. The number of hydrogen-bond donors (Lipinski definition) is 0. The highest BCUT2D eigenvalue weighted by molar-refractivity contribution is 5.89. The van der Waals surface area contributed by atoms with Crippen LogP contribution in [0, 0.1) is 23.7 Å². The second-order valence-electron chi connectivity index (χ2n) is 10.9. The molecule has 0 bridgehead atoms. The zero-order chi connectivity index (χ0) is 35.3. The predicted molar refractivity (Wildman–Crippen MR) is 188 cm³/mol. The van der Waals surface area contributed by atoms with Gasteiger partial charge < -0.3 is 14.2 Å². The maximum Gasteiger partial charge on any atom is 0.338 e. The molecular formula is C42H33FO6. The van der Waals surface area contributed by atoms with E-state index in [-0.39, 0.29) is 24.2 Å². The van der Waals surface area contributed by atoms with Crippen molar-refractivity contribution in [1.29, 1.82) is 0 Å². The van der Waals surface area contributed by atoms with Crippen molar-refractivity contribution in [3.63, 3.8) is 0 Å². The second-order valence-corrected chi connectivity index (χ2v) is 10.9. The third kappa shape index (κ3) is 10.0. The van der Waals surface area contributed by atoms with Crippen LogP contribution in [0.2, 0.25) is 0 Å². The van der Waals surface area contributed by atoms with Gasteiger partial charge in [-0.2, -0.15) is 0 Å². The van der Waals surface area contributed by atoms with Gasteiger partial charge in [0, 0.05) is 39.5 Å². The van der Waals surface area contributed by atoms with Crippen molar-refractivity contribution in [2.75, 3.05) is 6.67 Å². The molecule has 0 aromatic heterocycles. The number of benzene rings is 4. The Hall–Kier alpha value is -6.44. The van der Waals surface area contributed by atoms with Gasteiger partial charge in [0.1, 0.15) is 11.5 Å². The van der Waals surface area contributed by atoms with E-state index >= 15 is 0 Å². The van der Waals surface area contributed by atoms with Crippen molar-refractivity contribution in [2.45, 2.75) is 26.7 Å². The molecule has 0 saturated carbocycles. The number of carbonyl (C=O) groups excluding carboxylic acids is 3. The number of halogens is 1. The number of esters is 3. The fraction of sp³-hybridized carbons (Fsp3) is 0.119. The first-order valence-corrected chi connectivity index (χ1v) is 15.2. The van der Waals surface area contributed by atoms with Gasteiger partial charge in [-0.05, 0) is 98.5 Å². The molecule has 0 aliphatic rings. The maximum absolute atomic E-state index is 13.4. The molecule has 0 amide bonds. The van der Waals surface area contributed by atoms with Gasteiger partial charge in [-0.15, -0.1) is 0 Å². The minimum atomic E-state index is -0.681. The van der Waals surface area contributed by atoms with Crippen LogP contribution < -0.4 is 14.2 Å². The smallest absolute Gasteiger partial charge is 0.338 e. The van der Waals surface area contributed by atoms with Crippen molar-refractivity contribution >= 4 is 17.9 Å². The zero-order valence-corrected chi connectivity index (χ0v) is 27.2. The summed E-state index contributed by atoms with van der Waals surface area (Å²) >= 11 is 0. The lowest BCUT2D eigenvalue weighted by molar-refractivity contribution is -0.130. The van der Waals surface area contributed by atoms with Crippen LogP contribution >= 0.6 is 0 Å². The molecule has 4 aromatic rings. The number of carbonyl (C=O) groups is 3. The Bertz CT molecular complexity index is 2030. The highest BCUT2D eigenvalue weighted by Crippen LogP contribution is 2.29. The summed E-state index contributed by atoms with van der Waals surface area (Å²) in [5.41, 5.74) is 5.34. The molecule has 0 unspecified atom stereocenters. The van der Waals surface area contributed by atoms with E-state index in [9.17, 15) is 18.8 Å². The third-order valence-corrected chi connectivity index (χ3v) is 6.92. The summed E-state index contributed by atoms with van der Waals surface area (Å²) in [7, 11) is 0. The van der Waals surface area contributed by atoms with E-state index in [0.717, 1.165) is 17.2 Å². The van der Waals surface area contributed by atoms with E-state index in [1.807, 2.05) is 36.4 Å². The first-order chi connectivity index (χ1) is 23.6. The van der Waals surface area contributed by atoms with Crippen LogP contribution in [0.3, 0.4) is 0 Å². The molecule has 0 aliphatic carbocycles. The molecule has 0 spiro atoms. The fourth-order valence-corrected chi connectivity index (χ4v) is 4.33. The van der Waals surface area contributed by atoms with Gasteiger partial charge in [-0.1, -0.05) is 67.7 Å². The number of ether oxygens (including phenoxy) is 3. The first kappa shape index (κ1) is 35.4. The van der Waals surface area contributed by atoms with Crippen molar-refractivity contribution < 1.29 is 33.0 Å². The summed E-state index contributed by atoms with van der Waals surface area (Å²) < 4.78 is 29.5. The molecule has 4 rings (SSSR count). The molecule has 0 radical (unpaired) electrons. The summed E-state index contributed by atoms with van der Waals surface area (Å²) in [5, 5.41) is 0. The average molecular weight is 653 g/mol. The van der Waals surface area contributed by atoms with Crippen molar-refractivity contribution in [2.24, 2.45) is 0 Å². The molecule has 0 fully saturated rings. The van der Waals surface area contributed by atoms with Crippen LogP contribution in [0.15, 0.2) is 122 Å². The Morgan fingerprint density at radius 3 is 1.59 bits per heavy atom. The summed E-state index contributed by atoms with van der Waals surface area (Å²) in [5.74, 6) is 11.7. The maximum atomic E-state index is 13.4. The highest BCUT2D eigenvalue weighted by Gasteiger charge is 2.16. The molecule has 0 N–H and O–H groups in total. The van der Waals surface area contributed by atoms with Crippen molar-refractivity contribution in [1.82, 2.24) is 0 Å². The van der Waals surface area contributed by atoms with Crippen LogP contribution in [-0.2, 0) is 20.8 Å². The van der Waals surface area contributed by atoms with Crippen LogP contribution in [-0.4, -0.2) is 24.6 Å². The summed E-state index contributed by atoms with van der Waals surface area (Å²) in [6.45, 7) is 13.2. The molecule has 0 aliphatic heterocycles. The lowest BCUT2D eigenvalue weighted by atomic mass is 9.97. The summed E-state index contributed by atoms with van der Waals surface area (Å²) in [6.07, 6.45) is 1.49. The lowest BCUT2D eigenvalue weighted by Crippen LogP contribution is -2.09. The van der Waals surface area contributed by atoms with Crippen LogP contribution in [0.1, 0.15) is 48.1 Å². The molecule has 49 heavy (non-hydrogen) atoms. The van der Waals surface area contributed by atoms with Crippen LogP contribution in [0.5, 0.6) is 17.2 Å². The van der Waals surface area contributed by atoms with Crippen LogP contribution in [0.4, 0.5) is 4.39 Å². The second kappa shape index (κ2) is 16.9. The Morgan fingerprint density at radius 2 is 1.10 bits per heavy atom. The SMILES string of the molecule is C=CC(=O)Oc1c(C#Cc2ccc(-c3ccc(OC(=O)C(=C)C)cc3)cc2)ccc(C#Cc2ccc(OC(=O)C(=C)C)cc2)c1CCCF. The molecular weight excluding hydrogens is 619 g/mol. The Kier molecular flexibility index (Phi) is 12.2. The van der Waals surface area contributed by atoms with E-state index in [1.165, 1.54) is 0 Å². The van der Waals surface area contributed by atoms with E-state index in [2.05, 4.69) is 43.4 Å². The quantitative estimate of drug-likeness (QED) is 0.0746. The largest absolute Gasteiger partial charge is 0.423 e. The number of hydrogen-bond acceptors (Lipinski definition) is 6. The zero-order valence-electron chi connectivity index (χ0n) is 27.2. The molecule has 244 valence electrons. The first-order valence-electron chi connectivity index (χ1n) is 15.2. The normalized spacial score (nSPS) is 9.94. The molecule has 4 aromatic carbocycles. The fourth-order valence-electron chi connectivity index (χ4n) is 4.33. The van der Waals surface area contributed by atoms with Gasteiger partial charge in [0.05, 0.1) is 12.2 Å². The Morgan fingerprint density at radius 1 is 0.653 bits per heavy atom. The Balaban J connectivity index is 1.62. The molecule has 0 saturated heterocycles. The van der Waals surface area contributed by atoms with E-state index in [0.29, 0.717) is 44.9 Å². The lowest BCUT2D eigenvalue weighted by Gasteiger charge is -2.13. The van der Waals surface area contributed by atoms with Crippen molar-refractivity contribution in [3.05, 3.63) is 150 Å². The van der Waals surface area contributed by atoms with Gasteiger partial charge in [-0.3, -0.25) is 4.39 Å². The molecule has 6 nitrogen and oxygen atoms in total. The minimum absolute atomic E-state index is 0.186. The minimum Gasteiger partial charge on any atom is -0.423 e. The van der Waals surface area contributed by atoms with E-state index in [4.69, 9.17) is 14.2 Å². The van der Waals surface area contributed by atoms with E-state index in [1.54, 1.807) is 62.4 Å². The van der Waals surface area contributed by atoms with Gasteiger partial charge in [0.25, 0.3) is 0 Å². The highest BCUT2D eigenvalue weighted by atomic mass is 19.1. The number of alkyl halides is 1. The van der Waals surface area contributed by atoms with Gasteiger partial charge in [0.15, 0.2) is 5.75 Å². The van der Waals surface area contributed by atoms with Gasteiger partial charge >= 0.3 is 17.9 Å². The molecule has 0 atom stereocenters. The molecule has 7 heteroatoms. The standard InChI is InChI=1S/C42H33FO6/c1-6-39(44)49-40-35(18-12-30-9-15-32(16-10-30)33-21-25-37(26-22-33)48-42(46)29(4)5)20-19-34(38(40)8-7-27-43)17-11-31-13-23-36(24-14-31)47-41(45)28(2)3/h6,9-10,13-16,19-26H,1-2,4,7-8,27H2,3,5H3. The van der Waals surface area contributed by atoms with Crippen LogP contribution in [0.25, 0.3) is 11.1 Å². The monoisotopic (exact) mass is 652 g/mol. The third-order valence-electron chi connectivity index (χ3n) is 6.92. The topological polar surface area (TPSA) is 78.9 Å². The van der Waals surface area contributed by atoms with Crippen molar-refractivity contribution in [3.8, 4) is 52.1 Å². The van der Waals surface area contributed by atoms with E-state index < -0.39 is 24.6 Å². The number of rotatable bonds is 10. The summed E-state index contributed by atoms with van der Waals surface area (Å²) in [4.78, 5) is 35.9. The van der Waals surface area contributed by atoms with Gasteiger partial charge in [0.2, 0.25) is 0 Å². The predicted octanol–water partition coefficient (Wildman–Crippen LogP) is 8.11. The van der Waals surface area contributed by atoms with Gasteiger partial charge in [-0.25, -0.2) is 14.4 Å². The Labute approximate surface area is 285 Å². The molecule has 0 heterocycles. The summed E-state index contributed by atoms with van der Waals surface area (Å²) in [6, 6.07) is 24.8.